The average Bonchev–Trinajstić information content (AvgIpc) is 3.05. The number of rotatable bonds is 8. The summed E-state index contributed by atoms with van der Waals surface area (Å²) < 4.78 is 20.1. The van der Waals surface area contributed by atoms with Crippen molar-refractivity contribution in [1.82, 2.24) is 15.1 Å². The highest BCUT2D eigenvalue weighted by Crippen LogP contribution is 2.17. The molecule has 0 aliphatic heterocycles. The lowest BCUT2D eigenvalue weighted by Crippen LogP contribution is -2.25. The van der Waals surface area contributed by atoms with E-state index in [0.29, 0.717) is 31.9 Å². The molecule has 0 unspecified atom stereocenters. The topological polar surface area (TPSA) is 56.1 Å². The van der Waals surface area contributed by atoms with Crippen molar-refractivity contribution >= 4 is 16.8 Å². The quantitative estimate of drug-likeness (QED) is 0.630. The van der Waals surface area contributed by atoms with Crippen molar-refractivity contribution in [3.8, 4) is 0 Å². The van der Waals surface area contributed by atoms with Crippen LogP contribution in [0.25, 0.3) is 10.9 Å². The molecule has 3 rings (SSSR count). The average molecular weight is 355 g/mol. The van der Waals surface area contributed by atoms with E-state index in [1.807, 2.05) is 23.7 Å². The Kier molecular flexibility index (Phi) is 5.96. The number of hydrogen-bond acceptors (Lipinski definition) is 3. The number of nitrogens with one attached hydrogen (secondary N) is 1. The van der Waals surface area contributed by atoms with E-state index in [1.165, 1.54) is 12.1 Å². The normalized spacial score (nSPS) is 11.0. The minimum Gasteiger partial charge on any atom is -0.382 e. The number of carbonyl (C=O) groups excluding carboxylic acids is 1. The van der Waals surface area contributed by atoms with Crippen LogP contribution in [-0.4, -0.2) is 35.4 Å². The number of benzene rings is 2. The predicted molar refractivity (Wildman–Crippen MR) is 98.7 cm³/mol. The second-order valence-electron chi connectivity index (χ2n) is 6.01. The number of hydrogen-bond donors (Lipinski definition) is 1. The van der Waals surface area contributed by atoms with Gasteiger partial charge in [0, 0.05) is 30.7 Å². The lowest BCUT2D eigenvalue weighted by molar-refractivity contribution is 0.0944. The Morgan fingerprint density at radius 3 is 2.81 bits per heavy atom. The summed E-state index contributed by atoms with van der Waals surface area (Å²) >= 11 is 0. The van der Waals surface area contributed by atoms with E-state index in [9.17, 15) is 9.18 Å². The summed E-state index contributed by atoms with van der Waals surface area (Å²) in [6.45, 7) is 4.36. The molecule has 1 aromatic heterocycles. The van der Waals surface area contributed by atoms with Gasteiger partial charge in [-0.1, -0.05) is 18.2 Å². The Morgan fingerprint density at radius 1 is 1.23 bits per heavy atom. The zero-order valence-electron chi connectivity index (χ0n) is 14.7. The molecule has 0 aliphatic rings. The summed E-state index contributed by atoms with van der Waals surface area (Å²) in [6.07, 6.45) is 2.55. The van der Waals surface area contributed by atoms with E-state index in [1.54, 1.807) is 24.4 Å². The number of aromatic nitrogens is 2. The second-order valence-corrected chi connectivity index (χ2v) is 6.01. The number of halogens is 1. The summed E-state index contributed by atoms with van der Waals surface area (Å²) in [5.74, 6) is -0.375. The van der Waals surface area contributed by atoms with Gasteiger partial charge in [-0.05, 0) is 43.2 Å². The Labute approximate surface area is 151 Å². The summed E-state index contributed by atoms with van der Waals surface area (Å²) in [4.78, 5) is 12.3. The van der Waals surface area contributed by atoms with Crippen LogP contribution in [0.4, 0.5) is 4.39 Å². The molecule has 0 saturated carbocycles. The number of fused-ring (bicyclic) bond motifs is 1. The van der Waals surface area contributed by atoms with Crippen LogP contribution in [0.3, 0.4) is 0 Å². The van der Waals surface area contributed by atoms with Gasteiger partial charge in [-0.3, -0.25) is 9.48 Å². The lowest BCUT2D eigenvalue weighted by atomic mass is 10.1. The van der Waals surface area contributed by atoms with Gasteiger partial charge in [0.25, 0.3) is 5.91 Å². The van der Waals surface area contributed by atoms with Gasteiger partial charge in [0.15, 0.2) is 0 Å². The number of carbonyl (C=O) groups is 1. The molecule has 1 heterocycles. The van der Waals surface area contributed by atoms with Crippen molar-refractivity contribution in [3.05, 3.63) is 65.6 Å². The number of amides is 1. The highest BCUT2D eigenvalue weighted by molar-refractivity contribution is 5.97. The molecule has 0 bridgehead atoms. The first-order chi connectivity index (χ1) is 12.7. The maximum absolute atomic E-state index is 13.1. The summed E-state index contributed by atoms with van der Waals surface area (Å²) in [7, 11) is 0. The van der Waals surface area contributed by atoms with E-state index < -0.39 is 0 Å². The highest BCUT2D eigenvalue weighted by Gasteiger charge is 2.09. The predicted octanol–water partition coefficient (Wildman–Crippen LogP) is 3.38. The SMILES string of the molecule is CCOCCCNC(=O)c1ccc2cnn(Cc3ccc(F)cc3)c2c1. The molecule has 6 heteroatoms. The van der Waals surface area contributed by atoms with Gasteiger partial charge in [0.2, 0.25) is 0 Å². The zero-order chi connectivity index (χ0) is 18.4. The molecular weight excluding hydrogens is 333 g/mol. The van der Waals surface area contributed by atoms with Crippen molar-refractivity contribution in [3.63, 3.8) is 0 Å². The van der Waals surface area contributed by atoms with Crippen molar-refractivity contribution in [1.29, 1.82) is 0 Å². The van der Waals surface area contributed by atoms with Crippen LogP contribution in [0.2, 0.25) is 0 Å². The Morgan fingerprint density at radius 2 is 2.04 bits per heavy atom. The van der Waals surface area contributed by atoms with Crippen LogP contribution in [0.15, 0.2) is 48.7 Å². The number of ether oxygens (including phenoxy) is 1. The Hall–Kier alpha value is -2.73. The van der Waals surface area contributed by atoms with Crippen molar-refractivity contribution < 1.29 is 13.9 Å². The van der Waals surface area contributed by atoms with Gasteiger partial charge in [0.1, 0.15) is 5.82 Å². The summed E-state index contributed by atoms with van der Waals surface area (Å²) in [5.41, 5.74) is 2.41. The standard InChI is InChI=1S/C20H22FN3O2/c1-2-26-11-3-10-22-20(25)16-6-7-17-13-23-24(19(17)12-16)14-15-4-8-18(21)9-5-15/h4-9,12-13H,2-3,10-11,14H2,1H3,(H,22,25). The van der Waals surface area contributed by atoms with Crippen LogP contribution in [0, 0.1) is 5.82 Å². The second kappa shape index (κ2) is 8.58. The first-order valence-electron chi connectivity index (χ1n) is 8.73. The third-order valence-corrected chi connectivity index (χ3v) is 4.11. The van der Waals surface area contributed by atoms with Crippen LogP contribution in [0.1, 0.15) is 29.3 Å². The van der Waals surface area contributed by atoms with Crippen LogP contribution >= 0.6 is 0 Å². The molecule has 1 amide bonds. The van der Waals surface area contributed by atoms with Crippen LogP contribution < -0.4 is 5.32 Å². The van der Waals surface area contributed by atoms with Crippen LogP contribution in [0.5, 0.6) is 0 Å². The molecule has 3 aromatic rings. The largest absolute Gasteiger partial charge is 0.382 e. The van der Waals surface area contributed by atoms with Crippen molar-refractivity contribution in [2.75, 3.05) is 19.8 Å². The minimum atomic E-state index is -0.262. The first-order valence-corrected chi connectivity index (χ1v) is 8.73. The minimum absolute atomic E-state index is 0.113. The first kappa shape index (κ1) is 18.1. The van der Waals surface area contributed by atoms with E-state index in [0.717, 1.165) is 22.9 Å². The fourth-order valence-electron chi connectivity index (χ4n) is 2.72. The third kappa shape index (κ3) is 4.46. The van der Waals surface area contributed by atoms with Crippen molar-refractivity contribution in [2.24, 2.45) is 0 Å². The van der Waals surface area contributed by atoms with E-state index in [-0.39, 0.29) is 11.7 Å². The monoisotopic (exact) mass is 355 g/mol. The maximum Gasteiger partial charge on any atom is 0.251 e. The molecule has 0 saturated heterocycles. The fourth-order valence-corrected chi connectivity index (χ4v) is 2.72. The molecule has 0 radical (unpaired) electrons. The van der Waals surface area contributed by atoms with Gasteiger partial charge < -0.3 is 10.1 Å². The van der Waals surface area contributed by atoms with Crippen LogP contribution in [-0.2, 0) is 11.3 Å². The molecule has 0 spiro atoms. The van der Waals surface area contributed by atoms with Gasteiger partial charge in [-0.15, -0.1) is 0 Å². The Bertz CT molecular complexity index is 874. The molecule has 1 N–H and O–H groups in total. The maximum atomic E-state index is 13.1. The number of nitrogens with zero attached hydrogens (tertiary/aromatic N) is 2. The molecule has 0 fully saturated rings. The molecule has 2 aromatic carbocycles. The van der Waals surface area contributed by atoms with E-state index >= 15 is 0 Å². The van der Waals surface area contributed by atoms with Crippen molar-refractivity contribution in [2.45, 2.75) is 19.9 Å². The molecule has 0 atom stereocenters. The molecular formula is C20H22FN3O2. The molecule has 0 aliphatic carbocycles. The van der Waals surface area contributed by atoms with Gasteiger partial charge in [-0.25, -0.2) is 4.39 Å². The van der Waals surface area contributed by atoms with Gasteiger partial charge in [0.05, 0.1) is 18.3 Å². The third-order valence-electron chi connectivity index (χ3n) is 4.11. The summed E-state index contributed by atoms with van der Waals surface area (Å²) in [5, 5.41) is 8.24. The fraction of sp³-hybridized carbons (Fsp3) is 0.300. The molecule has 26 heavy (non-hydrogen) atoms. The molecule has 136 valence electrons. The smallest absolute Gasteiger partial charge is 0.251 e. The van der Waals surface area contributed by atoms with Gasteiger partial charge >= 0.3 is 0 Å². The van der Waals surface area contributed by atoms with E-state index in [4.69, 9.17) is 4.74 Å². The zero-order valence-corrected chi connectivity index (χ0v) is 14.7. The summed E-state index contributed by atoms with van der Waals surface area (Å²) in [6, 6.07) is 11.9. The molecule has 5 nitrogen and oxygen atoms in total. The van der Waals surface area contributed by atoms with Gasteiger partial charge in [-0.2, -0.15) is 5.10 Å². The Balaban J connectivity index is 1.71. The lowest BCUT2D eigenvalue weighted by Gasteiger charge is -2.07. The highest BCUT2D eigenvalue weighted by atomic mass is 19.1. The van der Waals surface area contributed by atoms with E-state index in [2.05, 4.69) is 10.4 Å².